The number of carbonyl (C=O) groups is 1. The van der Waals surface area contributed by atoms with E-state index in [4.69, 9.17) is 39.8 Å². The predicted octanol–water partition coefficient (Wildman–Crippen LogP) is 6.90. The monoisotopic (exact) mass is 458 g/mol. The van der Waals surface area contributed by atoms with Crippen LogP contribution in [0.25, 0.3) is 17.4 Å². The number of thiocarbonyl (C=S) groups is 1. The van der Waals surface area contributed by atoms with Crippen molar-refractivity contribution in [2.24, 2.45) is 0 Å². The number of anilines is 1. The smallest absolute Gasteiger partial charge is 0.250 e. The van der Waals surface area contributed by atoms with E-state index in [1.54, 1.807) is 36.4 Å². The Hall–Kier alpha value is -2.60. The first-order chi connectivity index (χ1) is 14.3. The summed E-state index contributed by atoms with van der Waals surface area (Å²) < 4.78 is 5.73. The number of rotatable bonds is 5. The van der Waals surface area contributed by atoms with Crippen LogP contribution in [0.5, 0.6) is 0 Å². The second kappa shape index (κ2) is 9.94. The average molecular weight is 459 g/mol. The first-order valence-corrected chi connectivity index (χ1v) is 10.4. The zero-order valence-corrected chi connectivity index (χ0v) is 18.7. The third-order valence-electron chi connectivity index (χ3n) is 4.24. The molecule has 0 saturated heterocycles. The van der Waals surface area contributed by atoms with Crippen molar-refractivity contribution < 1.29 is 9.21 Å². The fourth-order valence-electron chi connectivity index (χ4n) is 2.72. The molecule has 1 amide bonds. The first-order valence-electron chi connectivity index (χ1n) is 9.26. The Labute approximate surface area is 190 Å². The van der Waals surface area contributed by atoms with Gasteiger partial charge in [0.05, 0.1) is 0 Å². The van der Waals surface area contributed by atoms with Crippen LogP contribution in [0.3, 0.4) is 0 Å². The van der Waals surface area contributed by atoms with Gasteiger partial charge in [0.15, 0.2) is 5.11 Å². The largest absolute Gasteiger partial charge is 0.457 e. The molecule has 0 saturated carbocycles. The summed E-state index contributed by atoms with van der Waals surface area (Å²) >= 11 is 17.2. The highest BCUT2D eigenvalue weighted by molar-refractivity contribution is 7.80. The first kappa shape index (κ1) is 22.1. The van der Waals surface area contributed by atoms with Crippen LogP contribution < -0.4 is 10.6 Å². The number of carbonyl (C=O) groups excluding carboxylic acids is 1. The van der Waals surface area contributed by atoms with Gasteiger partial charge in [-0.2, -0.15) is 0 Å². The summed E-state index contributed by atoms with van der Waals surface area (Å²) in [6.07, 6.45) is 2.91. The van der Waals surface area contributed by atoms with Gasteiger partial charge in [-0.15, -0.1) is 0 Å². The summed E-state index contributed by atoms with van der Waals surface area (Å²) in [5, 5.41) is 6.85. The quantitative estimate of drug-likeness (QED) is 0.322. The molecular formula is C23H20Cl2N2O2S. The average Bonchev–Trinajstić information content (AvgIpc) is 3.15. The molecule has 0 spiro atoms. The maximum atomic E-state index is 12.1. The molecule has 0 unspecified atom stereocenters. The van der Waals surface area contributed by atoms with Gasteiger partial charge < -0.3 is 9.73 Å². The molecule has 0 aliphatic carbocycles. The number of nitrogens with one attached hydrogen (secondary N) is 2. The van der Waals surface area contributed by atoms with E-state index in [1.807, 2.05) is 24.3 Å². The van der Waals surface area contributed by atoms with Crippen molar-refractivity contribution in [2.45, 2.75) is 19.8 Å². The molecule has 0 atom stereocenters. The molecule has 7 heteroatoms. The zero-order chi connectivity index (χ0) is 21.7. The van der Waals surface area contributed by atoms with Crippen molar-refractivity contribution in [3.05, 3.63) is 82.0 Å². The molecule has 0 aliphatic rings. The maximum absolute atomic E-state index is 12.1. The van der Waals surface area contributed by atoms with Gasteiger partial charge in [0, 0.05) is 27.4 Å². The van der Waals surface area contributed by atoms with Crippen molar-refractivity contribution in [2.75, 3.05) is 5.32 Å². The molecule has 3 rings (SSSR count). The van der Waals surface area contributed by atoms with Gasteiger partial charge in [-0.3, -0.25) is 10.1 Å². The fraction of sp³-hybridized carbons (Fsp3) is 0.130. The SMILES string of the molecule is CC(C)c1ccc(NC(=S)NC(=O)/C=C/c2ccc(-c3cc(Cl)cc(Cl)c3)o2)cc1. The molecule has 0 fully saturated rings. The fourth-order valence-corrected chi connectivity index (χ4v) is 3.46. The number of hydrogen-bond acceptors (Lipinski definition) is 3. The van der Waals surface area contributed by atoms with Crippen molar-refractivity contribution in [3.8, 4) is 11.3 Å². The summed E-state index contributed by atoms with van der Waals surface area (Å²) in [7, 11) is 0. The minimum absolute atomic E-state index is 0.218. The van der Waals surface area contributed by atoms with Crippen LogP contribution in [0.1, 0.15) is 31.1 Å². The van der Waals surface area contributed by atoms with E-state index in [9.17, 15) is 4.79 Å². The van der Waals surface area contributed by atoms with E-state index in [0.717, 1.165) is 11.3 Å². The normalized spacial score (nSPS) is 11.1. The summed E-state index contributed by atoms with van der Waals surface area (Å²) in [6, 6.07) is 16.6. The Morgan fingerprint density at radius 3 is 2.33 bits per heavy atom. The minimum atomic E-state index is -0.366. The number of hydrogen-bond donors (Lipinski definition) is 2. The van der Waals surface area contributed by atoms with Gasteiger partial charge in [-0.05, 0) is 72.2 Å². The Balaban J connectivity index is 1.56. The maximum Gasteiger partial charge on any atom is 0.250 e. The topological polar surface area (TPSA) is 54.3 Å². The van der Waals surface area contributed by atoms with Crippen molar-refractivity contribution in [3.63, 3.8) is 0 Å². The van der Waals surface area contributed by atoms with Gasteiger partial charge >= 0.3 is 0 Å². The molecule has 1 heterocycles. The number of halogens is 2. The van der Waals surface area contributed by atoms with Gasteiger partial charge in [0.1, 0.15) is 11.5 Å². The third kappa shape index (κ3) is 6.20. The lowest BCUT2D eigenvalue weighted by molar-refractivity contribution is -0.115. The second-order valence-electron chi connectivity index (χ2n) is 6.91. The molecule has 3 aromatic rings. The summed E-state index contributed by atoms with van der Waals surface area (Å²) in [5.41, 5.74) is 2.80. The number of benzene rings is 2. The van der Waals surface area contributed by atoms with Crippen LogP contribution in [-0.4, -0.2) is 11.0 Å². The minimum Gasteiger partial charge on any atom is -0.457 e. The van der Waals surface area contributed by atoms with Crippen molar-refractivity contribution in [1.29, 1.82) is 0 Å². The summed E-state index contributed by atoms with van der Waals surface area (Å²) in [6.45, 7) is 4.26. The Kier molecular flexibility index (Phi) is 7.32. The van der Waals surface area contributed by atoms with E-state index < -0.39 is 0 Å². The molecule has 2 aromatic carbocycles. The second-order valence-corrected chi connectivity index (χ2v) is 8.19. The van der Waals surface area contributed by atoms with E-state index in [-0.39, 0.29) is 11.0 Å². The van der Waals surface area contributed by atoms with Crippen LogP contribution in [0.15, 0.2) is 65.1 Å². The highest BCUT2D eigenvalue weighted by Gasteiger charge is 2.07. The van der Waals surface area contributed by atoms with Gasteiger partial charge in [-0.25, -0.2) is 0 Å². The van der Waals surface area contributed by atoms with Gasteiger partial charge in [0.25, 0.3) is 0 Å². The molecule has 2 N–H and O–H groups in total. The van der Waals surface area contributed by atoms with Crippen molar-refractivity contribution >= 4 is 58.2 Å². The molecule has 0 radical (unpaired) electrons. The predicted molar refractivity (Wildman–Crippen MR) is 128 cm³/mol. The van der Waals surface area contributed by atoms with Gasteiger partial charge in [0.2, 0.25) is 5.91 Å². The molecular weight excluding hydrogens is 439 g/mol. The van der Waals surface area contributed by atoms with Crippen LogP contribution in [0.2, 0.25) is 10.0 Å². The lowest BCUT2D eigenvalue weighted by Gasteiger charge is -2.10. The van der Waals surface area contributed by atoms with Crippen molar-refractivity contribution in [1.82, 2.24) is 5.32 Å². The lowest BCUT2D eigenvalue weighted by atomic mass is 10.0. The van der Waals surface area contributed by atoms with E-state index in [0.29, 0.717) is 27.5 Å². The van der Waals surface area contributed by atoms with E-state index in [1.165, 1.54) is 11.6 Å². The number of amides is 1. The Morgan fingerprint density at radius 1 is 1.03 bits per heavy atom. The molecule has 0 aliphatic heterocycles. The van der Waals surface area contributed by atoms with E-state index in [2.05, 4.69) is 24.5 Å². The summed E-state index contributed by atoms with van der Waals surface area (Å²) in [5.74, 6) is 1.20. The highest BCUT2D eigenvalue weighted by Crippen LogP contribution is 2.28. The molecule has 30 heavy (non-hydrogen) atoms. The van der Waals surface area contributed by atoms with Gasteiger partial charge in [-0.1, -0.05) is 49.2 Å². The van der Waals surface area contributed by atoms with Crippen LogP contribution in [0.4, 0.5) is 5.69 Å². The molecule has 154 valence electrons. The molecule has 0 bridgehead atoms. The number of furan rings is 1. The Bertz CT molecular complexity index is 1070. The van der Waals surface area contributed by atoms with Crippen LogP contribution in [0, 0.1) is 0 Å². The third-order valence-corrected chi connectivity index (χ3v) is 4.89. The lowest BCUT2D eigenvalue weighted by Crippen LogP contribution is -2.32. The van der Waals surface area contributed by atoms with Crippen LogP contribution in [-0.2, 0) is 4.79 Å². The highest BCUT2D eigenvalue weighted by atomic mass is 35.5. The standard InChI is InChI=1S/C23H20Cl2N2O2S/c1-14(2)15-3-5-19(6-4-15)26-23(30)27-22(28)10-8-20-7-9-21(29-20)16-11-17(24)13-18(25)12-16/h3-14H,1-2H3,(H2,26,27,28,30)/b10-8+. The molecule has 4 nitrogen and oxygen atoms in total. The van der Waals surface area contributed by atoms with E-state index >= 15 is 0 Å². The summed E-state index contributed by atoms with van der Waals surface area (Å²) in [4.78, 5) is 12.1. The zero-order valence-electron chi connectivity index (χ0n) is 16.4. The van der Waals surface area contributed by atoms with Crippen LogP contribution >= 0.6 is 35.4 Å². The Morgan fingerprint density at radius 2 is 1.70 bits per heavy atom. The molecule has 1 aromatic heterocycles.